The van der Waals surface area contributed by atoms with Crippen LogP contribution in [0.3, 0.4) is 0 Å². The Morgan fingerprint density at radius 1 is 1.64 bits per heavy atom. The number of thiophene rings is 1. The molecule has 14 heavy (non-hydrogen) atoms. The summed E-state index contributed by atoms with van der Waals surface area (Å²) in [6, 6.07) is 1.96. The minimum absolute atomic E-state index is 0.108. The lowest BCUT2D eigenvalue weighted by Gasteiger charge is -2.05. The molecule has 2 heterocycles. The molecule has 74 valence electrons. The van der Waals surface area contributed by atoms with Crippen LogP contribution in [0.2, 0.25) is 0 Å². The standard InChI is InChI=1S/C8H9BrN4S/c9-5-1-6(14-3-5)2-7(10)8-11-4-12-13-8/h1,3-4,7H,2,10H2,(H,11,12,13). The Hall–Kier alpha value is -0.720. The minimum Gasteiger partial charge on any atom is -0.321 e. The summed E-state index contributed by atoms with van der Waals surface area (Å²) in [6.07, 6.45) is 2.25. The van der Waals surface area contributed by atoms with Gasteiger partial charge in [0.15, 0.2) is 0 Å². The van der Waals surface area contributed by atoms with Gasteiger partial charge in [-0.25, -0.2) is 4.98 Å². The Labute approximate surface area is 93.7 Å². The molecule has 0 fully saturated rings. The zero-order valence-corrected chi connectivity index (χ0v) is 9.68. The quantitative estimate of drug-likeness (QED) is 0.897. The van der Waals surface area contributed by atoms with Gasteiger partial charge in [-0.3, -0.25) is 5.10 Å². The zero-order valence-electron chi connectivity index (χ0n) is 7.27. The molecular formula is C8H9BrN4S. The first-order valence-corrected chi connectivity index (χ1v) is 5.76. The molecule has 0 radical (unpaired) electrons. The summed E-state index contributed by atoms with van der Waals surface area (Å²) in [5, 5.41) is 8.58. The molecule has 0 saturated carbocycles. The molecule has 4 nitrogen and oxygen atoms in total. The first-order valence-electron chi connectivity index (χ1n) is 4.09. The van der Waals surface area contributed by atoms with Crippen molar-refractivity contribution in [1.82, 2.24) is 15.2 Å². The van der Waals surface area contributed by atoms with Gasteiger partial charge in [0, 0.05) is 21.2 Å². The second-order valence-electron chi connectivity index (χ2n) is 2.91. The molecule has 6 heteroatoms. The van der Waals surface area contributed by atoms with Crippen LogP contribution >= 0.6 is 27.3 Å². The van der Waals surface area contributed by atoms with E-state index in [4.69, 9.17) is 5.73 Å². The Balaban J connectivity index is 2.05. The molecule has 0 amide bonds. The molecule has 0 spiro atoms. The Morgan fingerprint density at radius 2 is 2.50 bits per heavy atom. The van der Waals surface area contributed by atoms with Crippen LogP contribution in [0.25, 0.3) is 0 Å². The van der Waals surface area contributed by atoms with Crippen LogP contribution in [0, 0.1) is 0 Å². The summed E-state index contributed by atoms with van der Waals surface area (Å²) >= 11 is 5.09. The lowest BCUT2D eigenvalue weighted by atomic mass is 10.2. The first kappa shape index (κ1) is 9.82. The molecule has 0 aromatic carbocycles. The summed E-state index contributed by atoms with van der Waals surface area (Å²) in [5.74, 6) is 0.731. The van der Waals surface area contributed by atoms with Crippen molar-refractivity contribution in [3.05, 3.63) is 32.9 Å². The highest BCUT2D eigenvalue weighted by molar-refractivity contribution is 9.10. The van der Waals surface area contributed by atoms with Crippen LogP contribution in [0.5, 0.6) is 0 Å². The summed E-state index contributed by atoms with van der Waals surface area (Å²) in [6.45, 7) is 0. The van der Waals surface area contributed by atoms with E-state index in [1.807, 2.05) is 5.38 Å². The number of rotatable bonds is 3. The molecular weight excluding hydrogens is 264 g/mol. The third-order valence-electron chi connectivity index (χ3n) is 1.83. The average molecular weight is 273 g/mol. The predicted octanol–water partition coefficient (Wildman–Crippen LogP) is 1.87. The molecule has 2 aromatic rings. The van der Waals surface area contributed by atoms with Gasteiger partial charge >= 0.3 is 0 Å². The number of nitrogens with zero attached hydrogens (tertiary/aromatic N) is 2. The van der Waals surface area contributed by atoms with Crippen molar-refractivity contribution in [3.8, 4) is 0 Å². The Kier molecular flexibility index (Phi) is 2.95. The fourth-order valence-corrected chi connectivity index (χ4v) is 2.68. The number of halogens is 1. The number of nitrogens with one attached hydrogen (secondary N) is 1. The molecule has 0 saturated heterocycles. The van der Waals surface area contributed by atoms with Gasteiger partial charge in [-0.2, -0.15) is 5.10 Å². The van der Waals surface area contributed by atoms with Crippen LogP contribution < -0.4 is 5.73 Å². The van der Waals surface area contributed by atoms with Gasteiger partial charge in [0.05, 0.1) is 6.04 Å². The number of hydrogen-bond donors (Lipinski definition) is 2. The Morgan fingerprint density at radius 3 is 3.07 bits per heavy atom. The van der Waals surface area contributed by atoms with Crippen LogP contribution in [0.15, 0.2) is 22.2 Å². The zero-order chi connectivity index (χ0) is 9.97. The largest absolute Gasteiger partial charge is 0.321 e. The fourth-order valence-electron chi connectivity index (χ4n) is 1.17. The first-order chi connectivity index (χ1) is 6.75. The molecule has 0 aliphatic heterocycles. The van der Waals surface area contributed by atoms with Gasteiger partial charge in [-0.05, 0) is 22.0 Å². The molecule has 0 aliphatic rings. The van der Waals surface area contributed by atoms with Crippen molar-refractivity contribution in [2.75, 3.05) is 0 Å². The van der Waals surface area contributed by atoms with E-state index in [2.05, 4.69) is 37.2 Å². The van der Waals surface area contributed by atoms with Crippen molar-refractivity contribution >= 4 is 27.3 Å². The summed E-state index contributed by atoms with van der Waals surface area (Å²) in [4.78, 5) is 5.26. The molecule has 1 unspecified atom stereocenters. The highest BCUT2D eigenvalue weighted by Crippen LogP contribution is 2.23. The average Bonchev–Trinajstić information content (AvgIpc) is 2.75. The van der Waals surface area contributed by atoms with Gasteiger partial charge in [0.2, 0.25) is 0 Å². The van der Waals surface area contributed by atoms with Crippen molar-refractivity contribution < 1.29 is 0 Å². The Bertz CT molecular complexity index is 397. The number of aromatic nitrogens is 3. The smallest absolute Gasteiger partial charge is 0.141 e. The second kappa shape index (κ2) is 4.20. The molecule has 0 bridgehead atoms. The SMILES string of the molecule is NC(Cc1cc(Br)cs1)c1ncn[nH]1. The van der Waals surface area contributed by atoms with Crippen molar-refractivity contribution in [3.63, 3.8) is 0 Å². The lowest BCUT2D eigenvalue weighted by Crippen LogP contribution is -2.14. The van der Waals surface area contributed by atoms with Crippen molar-refractivity contribution in [2.45, 2.75) is 12.5 Å². The topological polar surface area (TPSA) is 67.6 Å². The van der Waals surface area contributed by atoms with Crippen LogP contribution in [-0.2, 0) is 6.42 Å². The van der Waals surface area contributed by atoms with Crippen molar-refractivity contribution in [1.29, 1.82) is 0 Å². The maximum Gasteiger partial charge on any atom is 0.141 e. The predicted molar refractivity (Wildman–Crippen MR) is 59.0 cm³/mol. The summed E-state index contributed by atoms with van der Waals surface area (Å²) in [7, 11) is 0. The molecule has 2 aromatic heterocycles. The van der Waals surface area contributed by atoms with E-state index in [0.717, 1.165) is 16.7 Å². The van der Waals surface area contributed by atoms with E-state index in [0.29, 0.717) is 0 Å². The van der Waals surface area contributed by atoms with Gasteiger partial charge in [0.1, 0.15) is 12.2 Å². The monoisotopic (exact) mass is 272 g/mol. The molecule has 0 aliphatic carbocycles. The van der Waals surface area contributed by atoms with Gasteiger partial charge < -0.3 is 5.73 Å². The molecule has 2 rings (SSSR count). The fraction of sp³-hybridized carbons (Fsp3) is 0.250. The highest BCUT2D eigenvalue weighted by Gasteiger charge is 2.10. The van der Waals surface area contributed by atoms with E-state index in [9.17, 15) is 0 Å². The number of nitrogens with two attached hydrogens (primary N) is 1. The van der Waals surface area contributed by atoms with Gasteiger partial charge in [-0.1, -0.05) is 0 Å². The van der Waals surface area contributed by atoms with E-state index in [1.54, 1.807) is 11.3 Å². The van der Waals surface area contributed by atoms with E-state index in [1.165, 1.54) is 11.2 Å². The maximum absolute atomic E-state index is 5.94. The molecule has 3 N–H and O–H groups in total. The maximum atomic E-state index is 5.94. The number of aromatic amines is 1. The summed E-state index contributed by atoms with van der Waals surface area (Å²) < 4.78 is 1.10. The van der Waals surface area contributed by atoms with Crippen LogP contribution in [-0.4, -0.2) is 15.2 Å². The summed E-state index contributed by atoms with van der Waals surface area (Å²) in [5.41, 5.74) is 5.94. The van der Waals surface area contributed by atoms with E-state index in [-0.39, 0.29) is 6.04 Å². The van der Waals surface area contributed by atoms with Gasteiger partial charge in [0.25, 0.3) is 0 Å². The minimum atomic E-state index is -0.108. The lowest BCUT2D eigenvalue weighted by molar-refractivity contribution is 0.677. The van der Waals surface area contributed by atoms with Crippen LogP contribution in [0.1, 0.15) is 16.7 Å². The second-order valence-corrected chi connectivity index (χ2v) is 4.82. The van der Waals surface area contributed by atoms with E-state index >= 15 is 0 Å². The normalized spacial score (nSPS) is 13.0. The van der Waals surface area contributed by atoms with Gasteiger partial charge in [-0.15, -0.1) is 11.3 Å². The third kappa shape index (κ3) is 2.20. The number of H-pyrrole nitrogens is 1. The van der Waals surface area contributed by atoms with Crippen LogP contribution in [0.4, 0.5) is 0 Å². The van der Waals surface area contributed by atoms with Crippen molar-refractivity contribution in [2.24, 2.45) is 5.73 Å². The third-order valence-corrected chi connectivity index (χ3v) is 3.55. The molecule has 1 atom stereocenters. The number of hydrogen-bond acceptors (Lipinski definition) is 4. The highest BCUT2D eigenvalue weighted by atomic mass is 79.9. The van der Waals surface area contributed by atoms with E-state index < -0.39 is 0 Å².